The molecule has 110 valence electrons. The molecule has 0 unspecified atom stereocenters. The monoisotopic (exact) mass is 289 g/mol. The Labute approximate surface area is 122 Å². The van der Waals surface area contributed by atoms with E-state index in [1.807, 2.05) is 6.07 Å². The predicted molar refractivity (Wildman–Crippen MR) is 76.6 cm³/mol. The summed E-state index contributed by atoms with van der Waals surface area (Å²) in [5.74, 6) is 0.349. The molecule has 2 N–H and O–H groups in total. The molecule has 0 amide bonds. The van der Waals surface area contributed by atoms with Crippen LogP contribution in [-0.2, 0) is 16.0 Å². The first-order valence-electron chi connectivity index (χ1n) is 6.44. The third-order valence-electron chi connectivity index (χ3n) is 2.91. The van der Waals surface area contributed by atoms with Crippen LogP contribution in [0, 0.1) is 5.82 Å². The molecule has 21 heavy (non-hydrogen) atoms. The van der Waals surface area contributed by atoms with Crippen LogP contribution in [0.5, 0.6) is 11.5 Å². The van der Waals surface area contributed by atoms with E-state index in [1.165, 1.54) is 19.2 Å². The summed E-state index contributed by atoms with van der Waals surface area (Å²) in [6, 6.07) is 12.2. The smallest absolute Gasteiger partial charge is 0.322 e. The predicted octanol–water partition coefficient (Wildman–Crippen LogP) is 2.66. The summed E-state index contributed by atoms with van der Waals surface area (Å²) in [5.41, 5.74) is 6.58. The molecule has 0 spiro atoms. The molecule has 2 aromatic rings. The van der Waals surface area contributed by atoms with Crippen molar-refractivity contribution >= 4 is 5.97 Å². The van der Waals surface area contributed by atoms with Gasteiger partial charge in [0.25, 0.3) is 0 Å². The van der Waals surface area contributed by atoms with Gasteiger partial charge in [-0.1, -0.05) is 12.1 Å². The van der Waals surface area contributed by atoms with Gasteiger partial charge in [0.15, 0.2) is 0 Å². The molecule has 0 saturated carbocycles. The fraction of sp³-hybridized carbons (Fsp3) is 0.188. The lowest BCUT2D eigenvalue weighted by Crippen LogP contribution is -2.33. The lowest BCUT2D eigenvalue weighted by Gasteiger charge is -2.11. The molecule has 0 fully saturated rings. The van der Waals surface area contributed by atoms with Crippen LogP contribution in [0.3, 0.4) is 0 Å². The summed E-state index contributed by atoms with van der Waals surface area (Å²) in [6.45, 7) is 0. The zero-order chi connectivity index (χ0) is 15.2. The van der Waals surface area contributed by atoms with E-state index in [2.05, 4.69) is 4.74 Å². The van der Waals surface area contributed by atoms with Gasteiger partial charge in [0.1, 0.15) is 23.4 Å². The summed E-state index contributed by atoms with van der Waals surface area (Å²) in [6.07, 6.45) is 0.354. The van der Waals surface area contributed by atoms with Crippen LogP contribution in [0.15, 0.2) is 48.5 Å². The standard InChI is InChI=1S/C16H16FNO3/c1-20-16(19)15(18)10-11-3-2-4-14(9-11)21-13-7-5-12(17)6-8-13/h2-9,15H,10,18H2,1H3/t15-/m0/s1. The average molecular weight is 289 g/mol. The first-order valence-corrected chi connectivity index (χ1v) is 6.44. The van der Waals surface area contributed by atoms with E-state index in [9.17, 15) is 9.18 Å². The number of benzene rings is 2. The van der Waals surface area contributed by atoms with Crippen molar-refractivity contribution in [2.24, 2.45) is 5.73 Å². The van der Waals surface area contributed by atoms with Gasteiger partial charge in [-0.05, 0) is 48.4 Å². The van der Waals surface area contributed by atoms with E-state index in [1.54, 1.807) is 30.3 Å². The van der Waals surface area contributed by atoms with Crippen molar-refractivity contribution < 1.29 is 18.7 Å². The number of ether oxygens (including phenoxy) is 2. The van der Waals surface area contributed by atoms with Gasteiger partial charge in [-0.15, -0.1) is 0 Å². The minimum absolute atomic E-state index is 0.319. The zero-order valence-electron chi connectivity index (χ0n) is 11.6. The van der Waals surface area contributed by atoms with Gasteiger partial charge >= 0.3 is 5.97 Å². The van der Waals surface area contributed by atoms with E-state index >= 15 is 0 Å². The molecule has 1 atom stereocenters. The van der Waals surface area contributed by atoms with Crippen LogP contribution >= 0.6 is 0 Å². The van der Waals surface area contributed by atoms with Crippen molar-refractivity contribution in [1.82, 2.24) is 0 Å². The fourth-order valence-electron chi connectivity index (χ4n) is 1.86. The lowest BCUT2D eigenvalue weighted by molar-refractivity contribution is -0.142. The normalized spacial score (nSPS) is 11.8. The average Bonchev–Trinajstić information content (AvgIpc) is 2.49. The van der Waals surface area contributed by atoms with E-state index in [0.29, 0.717) is 17.9 Å². The highest BCUT2D eigenvalue weighted by Gasteiger charge is 2.14. The molecule has 4 nitrogen and oxygen atoms in total. The summed E-state index contributed by atoms with van der Waals surface area (Å²) in [4.78, 5) is 11.3. The quantitative estimate of drug-likeness (QED) is 0.860. The van der Waals surface area contributed by atoms with Crippen molar-refractivity contribution in [2.75, 3.05) is 7.11 Å². The van der Waals surface area contributed by atoms with Crippen molar-refractivity contribution in [3.63, 3.8) is 0 Å². The molecule has 0 bridgehead atoms. The van der Waals surface area contributed by atoms with Crippen molar-refractivity contribution in [3.05, 3.63) is 59.9 Å². The van der Waals surface area contributed by atoms with E-state index in [-0.39, 0.29) is 5.82 Å². The topological polar surface area (TPSA) is 61.5 Å². The highest BCUT2D eigenvalue weighted by molar-refractivity contribution is 5.75. The Morgan fingerprint density at radius 2 is 1.90 bits per heavy atom. The number of esters is 1. The number of carbonyl (C=O) groups excluding carboxylic acids is 1. The molecule has 0 aliphatic rings. The summed E-state index contributed by atoms with van der Waals surface area (Å²) in [7, 11) is 1.30. The Hall–Kier alpha value is -2.40. The zero-order valence-corrected chi connectivity index (χ0v) is 11.6. The summed E-state index contributed by atoms with van der Waals surface area (Å²) < 4.78 is 23.0. The maximum atomic E-state index is 12.8. The van der Waals surface area contributed by atoms with Crippen molar-refractivity contribution in [3.8, 4) is 11.5 Å². The van der Waals surface area contributed by atoms with Gasteiger partial charge in [0.05, 0.1) is 7.11 Å². The Morgan fingerprint density at radius 3 is 2.57 bits per heavy atom. The second kappa shape index (κ2) is 6.85. The Kier molecular flexibility index (Phi) is 4.90. The number of carbonyl (C=O) groups is 1. The highest BCUT2D eigenvalue weighted by Crippen LogP contribution is 2.22. The van der Waals surface area contributed by atoms with Crippen LogP contribution in [0.1, 0.15) is 5.56 Å². The molecule has 0 saturated heterocycles. The molecule has 0 heterocycles. The molecule has 0 aromatic heterocycles. The fourth-order valence-corrected chi connectivity index (χ4v) is 1.86. The number of methoxy groups -OCH3 is 1. The van der Waals surface area contributed by atoms with Crippen LogP contribution in [-0.4, -0.2) is 19.1 Å². The largest absolute Gasteiger partial charge is 0.468 e. The first-order chi connectivity index (χ1) is 10.1. The highest BCUT2D eigenvalue weighted by atomic mass is 19.1. The van der Waals surface area contributed by atoms with E-state index in [4.69, 9.17) is 10.5 Å². The van der Waals surface area contributed by atoms with Crippen molar-refractivity contribution in [2.45, 2.75) is 12.5 Å². The number of nitrogens with two attached hydrogens (primary N) is 1. The van der Waals surface area contributed by atoms with Crippen LogP contribution < -0.4 is 10.5 Å². The second-order valence-corrected chi connectivity index (χ2v) is 4.54. The summed E-state index contributed by atoms with van der Waals surface area (Å²) >= 11 is 0. The third kappa shape index (κ3) is 4.29. The van der Waals surface area contributed by atoms with Gasteiger partial charge in [-0.3, -0.25) is 4.79 Å². The molecule has 5 heteroatoms. The minimum atomic E-state index is -0.712. The van der Waals surface area contributed by atoms with Gasteiger partial charge in [0, 0.05) is 0 Å². The number of halogens is 1. The molecule has 2 aromatic carbocycles. The number of rotatable bonds is 5. The first kappa shape index (κ1) is 15.0. The Bertz CT molecular complexity index is 613. The molecular weight excluding hydrogens is 273 g/mol. The SMILES string of the molecule is COC(=O)[C@@H](N)Cc1cccc(Oc2ccc(F)cc2)c1. The maximum absolute atomic E-state index is 12.8. The van der Waals surface area contributed by atoms with Gasteiger partial charge < -0.3 is 15.2 Å². The number of hydrogen-bond donors (Lipinski definition) is 1. The molecule has 0 aliphatic carbocycles. The maximum Gasteiger partial charge on any atom is 0.322 e. The molecule has 0 radical (unpaired) electrons. The van der Waals surface area contributed by atoms with Crippen LogP contribution in [0.25, 0.3) is 0 Å². The summed E-state index contributed by atoms with van der Waals surface area (Å²) in [5, 5.41) is 0. The van der Waals surface area contributed by atoms with Crippen molar-refractivity contribution in [1.29, 1.82) is 0 Å². The van der Waals surface area contributed by atoms with Gasteiger partial charge in [-0.2, -0.15) is 0 Å². The lowest BCUT2D eigenvalue weighted by atomic mass is 10.1. The van der Waals surface area contributed by atoms with E-state index in [0.717, 1.165) is 5.56 Å². The molecule has 2 rings (SSSR count). The van der Waals surface area contributed by atoms with Crippen LogP contribution in [0.4, 0.5) is 4.39 Å². The second-order valence-electron chi connectivity index (χ2n) is 4.54. The Balaban J connectivity index is 2.07. The van der Waals surface area contributed by atoms with Gasteiger partial charge in [-0.25, -0.2) is 4.39 Å². The minimum Gasteiger partial charge on any atom is -0.468 e. The number of hydrogen-bond acceptors (Lipinski definition) is 4. The van der Waals surface area contributed by atoms with Gasteiger partial charge in [0.2, 0.25) is 0 Å². The van der Waals surface area contributed by atoms with Crippen LogP contribution in [0.2, 0.25) is 0 Å². The molecule has 0 aliphatic heterocycles. The van der Waals surface area contributed by atoms with E-state index < -0.39 is 12.0 Å². The third-order valence-corrected chi connectivity index (χ3v) is 2.91. The molecular formula is C16H16FNO3. The Morgan fingerprint density at radius 1 is 1.19 bits per heavy atom.